The van der Waals surface area contributed by atoms with E-state index in [0.29, 0.717) is 6.42 Å². The van der Waals surface area contributed by atoms with E-state index in [-0.39, 0.29) is 6.10 Å². The second-order valence-corrected chi connectivity index (χ2v) is 5.09. The van der Waals surface area contributed by atoms with Crippen LogP contribution in [0.3, 0.4) is 0 Å². The Balaban J connectivity index is 1.76. The van der Waals surface area contributed by atoms with Crippen LogP contribution < -0.4 is 4.74 Å². The van der Waals surface area contributed by atoms with Crippen LogP contribution in [0.1, 0.15) is 24.0 Å². The minimum absolute atomic E-state index is 0.286. The Hall–Kier alpha value is -1.80. The molecule has 0 aromatic heterocycles. The summed E-state index contributed by atoms with van der Waals surface area (Å²) in [5.41, 5.74) is 2.46. The first-order valence-electron chi connectivity index (χ1n) is 7.13. The first-order chi connectivity index (χ1) is 9.78. The lowest BCUT2D eigenvalue weighted by Gasteiger charge is -2.11. The van der Waals surface area contributed by atoms with E-state index in [4.69, 9.17) is 4.74 Å². The minimum Gasteiger partial charge on any atom is -0.497 e. The third kappa shape index (κ3) is 4.71. The van der Waals surface area contributed by atoms with Gasteiger partial charge in [-0.25, -0.2) is 0 Å². The summed E-state index contributed by atoms with van der Waals surface area (Å²) in [6.07, 6.45) is 3.26. The minimum atomic E-state index is -0.286. The largest absolute Gasteiger partial charge is 0.497 e. The quantitative estimate of drug-likeness (QED) is 0.832. The van der Waals surface area contributed by atoms with Gasteiger partial charge in [-0.3, -0.25) is 0 Å². The Morgan fingerprint density at radius 3 is 2.50 bits per heavy atom. The van der Waals surface area contributed by atoms with Gasteiger partial charge in [-0.1, -0.05) is 42.5 Å². The Bertz CT molecular complexity index is 508. The normalized spacial score (nSPS) is 12.1. The Morgan fingerprint density at radius 1 is 1.00 bits per heavy atom. The zero-order valence-electron chi connectivity index (χ0n) is 12.0. The van der Waals surface area contributed by atoms with Crippen LogP contribution in [-0.4, -0.2) is 18.3 Å². The Kier molecular flexibility index (Phi) is 5.63. The van der Waals surface area contributed by atoms with Crippen molar-refractivity contribution in [3.05, 3.63) is 65.7 Å². The van der Waals surface area contributed by atoms with Gasteiger partial charge in [-0.2, -0.15) is 0 Å². The van der Waals surface area contributed by atoms with E-state index in [1.165, 1.54) is 5.56 Å². The standard InChI is InChI=1S/C18H22O2/c1-20-18-12-6-10-16(14-18)13-17(19)11-5-9-15-7-3-2-4-8-15/h2-4,6-8,10,12,14,17,19H,5,9,11,13H2,1H3. The highest BCUT2D eigenvalue weighted by atomic mass is 16.5. The van der Waals surface area contributed by atoms with Gasteiger partial charge in [0, 0.05) is 0 Å². The monoisotopic (exact) mass is 270 g/mol. The van der Waals surface area contributed by atoms with Crippen molar-refractivity contribution < 1.29 is 9.84 Å². The summed E-state index contributed by atoms with van der Waals surface area (Å²) in [5, 5.41) is 10.1. The SMILES string of the molecule is COc1cccc(CC(O)CCCc2ccccc2)c1. The predicted octanol–water partition coefficient (Wildman–Crippen LogP) is 3.62. The molecule has 106 valence electrons. The topological polar surface area (TPSA) is 29.5 Å². The molecule has 0 heterocycles. The highest BCUT2D eigenvalue weighted by molar-refractivity contribution is 5.28. The maximum absolute atomic E-state index is 10.1. The van der Waals surface area contributed by atoms with Crippen LogP contribution in [0.15, 0.2) is 54.6 Å². The molecule has 2 aromatic carbocycles. The fourth-order valence-electron chi connectivity index (χ4n) is 2.36. The van der Waals surface area contributed by atoms with E-state index in [9.17, 15) is 5.11 Å². The fourth-order valence-corrected chi connectivity index (χ4v) is 2.36. The molecule has 0 amide bonds. The third-order valence-corrected chi connectivity index (χ3v) is 3.45. The lowest BCUT2D eigenvalue weighted by molar-refractivity contribution is 0.162. The van der Waals surface area contributed by atoms with Crippen LogP contribution >= 0.6 is 0 Å². The molecular weight excluding hydrogens is 248 g/mol. The third-order valence-electron chi connectivity index (χ3n) is 3.45. The van der Waals surface area contributed by atoms with Crippen molar-refractivity contribution in [2.75, 3.05) is 7.11 Å². The number of hydrogen-bond acceptors (Lipinski definition) is 2. The second-order valence-electron chi connectivity index (χ2n) is 5.09. The van der Waals surface area contributed by atoms with Crippen molar-refractivity contribution in [1.29, 1.82) is 0 Å². The number of methoxy groups -OCH3 is 1. The van der Waals surface area contributed by atoms with Crippen LogP contribution in [0.4, 0.5) is 0 Å². The van der Waals surface area contributed by atoms with Gasteiger partial charge in [-0.05, 0) is 48.9 Å². The molecule has 0 saturated heterocycles. The zero-order valence-corrected chi connectivity index (χ0v) is 12.0. The Labute approximate surface area is 121 Å². The van der Waals surface area contributed by atoms with Gasteiger partial charge in [0.05, 0.1) is 13.2 Å². The number of rotatable bonds is 7. The van der Waals surface area contributed by atoms with Gasteiger partial charge in [0.15, 0.2) is 0 Å². The first-order valence-corrected chi connectivity index (χ1v) is 7.13. The number of benzene rings is 2. The highest BCUT2D eigenvalue weighted by Gasteiger charge is 2.06. The van der Waals surface area contributed by atoms with Crippen molar-refractivity contribution in [2.45, 2.75) is 31.8 Å². The number of aliphatic hydroxyl groups excluding tert-OH is 1. The van der Waals surface area contributed by atoms with Gasteiger partial charge in [0.2, 0.25) is 0 Å². The van der Waals surface area contributed by atoms with Crippen molar-refractivity contribution in [3.8, 4) is 5.75 Å². The molecule has 0 spiro atoms. The molecule has 2 nitrogen and oxygen atoms in total. The summed E-state index contributed by atoms with van der Waals surface area (Å²) in [6, 6.07) is 18.3. The fraction of sp³-hybridized carbons (Fsp3) is 0.333. The molecule has 2 aromatic rings. The van der Waals surface area contributed by atoms with Crippen molar-refractivity contribution >= 4 is 0 Å². The number of aliphatic hydroxyl groups is 1. The van der Waals surface area contributed by atoms with E-state index in [1.807, 2.05) is 30.3 Å². The summed E-state index contributed by atoms with van der Waals surface area (Å²) >= 11 is 0. The summed E-state index contributed by atoms with van der Waals surface area (Å²) in [6.45, 7) is 0. The molecule has 1 unspecified atom stereocenters. The van der Waals surface area contributed by atoms with Crippen molar-refractivity contribution in [2.24, 2.45) is 0 Å². The van der Waals surface area contributed by atoms with E-state index in [0.717, 1.165) is 30.6 Å². The molecule has 0 aliphatic heterocycles. The molecule has 2 rings (SSSR count). The Morgan fingerprint density at radius 2 is 1.75 bits per heavy atom. The molecule has 20 heavy (non-hydrogen) atoms. The van der Waals surface area contributed by atoms with Gasteiger partial charge >= 0.3 is 0 Å². The van der Waals surface area contributed by atoms with Gasteiger partial charge in [0.1, 0.15) is 5.75 Å². The van der Waals surface area contributed by atoms with E-state index in [1.54, 1.807) is 7.11 Å². The number of ether oxygens (including phenoxy) is 1. The summed E-state index contributed by atoms with van der Waals surface area (Å²) in [7, 11) is 1.66. The van der Waals surface area contributed by atoms with Crippen molar-refractivity contribution in [1.82, 2.24) is 0 Å². The van der Waals surface area contributed by atoms with Crippen LogP contribution in [0, 0.1) is 0 Å². The van der Waals surface area contributed by atoms with Gasteiger partial charge in [-0.15, -0.1) is 0 Å². The van der Waals surface area contributed by atoms with Crippen LogP contribution in [0.2, 0.25) is 0 Å². The molecule has 0 fully saturated rings. The first kappa shape index (κ1) is 14.6. The van der Waals surface area contributed by atoms with E-state index < -0.39 is 0 Å². The lowest BCUT2D eigenvalue weighted by Crippen LogP contribution is -2.10. The maximum atomic E-state index is 10.1. The molecule has 0 bridgehead atoms. The molecule has 1 atom stereocenters. The second kappa shape index (κ2) is 7.71. The molecule has 0 radical (unpaired) electrons. The molecule has 0 saturated carbocycles. The summed E-state index contributed by atoms with van der Waals surface area (Å²) in [4.78, 5) is 0. The van der Waals surface area contributed by atoms with Gasteiger partial charge in [0.25, 0.3) is 0 Å². The van der Waals surface area contributed by atoms with Crippen LogP contribution in [0.5, 0.6) is 5.75 Å². The predicted molar refractivity (Wildman–Crippen MR) is 82.1 cm³/mol. The number of aryl methyl sites for hydroxylation is 1. The molecule has 0 aliphatic rings. The highest BCUT2D eigenvalue weighted by Crippen LogP contribution is 2.16. The molecule has 1 N–H and O–H groups in total. The molecule has 0 aliphatic carbocycles. The smallest absolute Gasteiger partial charge is 0.119 e. The van der Waals surface area contributed by atoms with Crippen molar-refractivity contribution in [3.63, 3.8) is 0 Å². The van der Waals surface area contributed by atoms with Crippen LogP contribution in [0.25, 0.3) is 0 Å². The average Bonchev–Trinajstić information content (AvgIpc) is 2.48. The average molecular weight is 270 g/mol. The number of hydrogen-bond donors (Lipinski definition) is 1. The summed E-state index contributed by atoms with van der Waals surface area (Å²) in [5.74, 6) is 0.846. The molecular formula is C18H22O2. The lowest BCUT2D eigenvalue weighted by atomic mass is 10.0. The van der Waals surface area contributed by atoms with Crippen LogP contribution in [-0.2, 0) is 12.8 Å². The van der Waals surface area contributed by atoms with E-state index >= 15 is 0 Å². The zero-order chi connectivity index (χ0) is 14.2. The van der Waals surface area contributed by atoms with E-state index in [2.05, 4.69) is 24.3 Å². The summed E-state index contributed by atoms with van der Waals surface area (Å²) < 4.78 is 5.19. The maximum Gasteiger partial charge on any atom is 0.119 e. The molecule has 2 heteroatoms. The van der Waals surface area contributed by atoms with Gasteiger partial charge < -0.3 is 9.84 Å².